The molecule has 0 saturated carbocycles. The van der Waals surface area contributed by atoms with Gasteiger partial charge in [-0.15, -0.1) is 0 Å². The van der Waals surface area contributed by atoms with Crippen molar-refractivity contribution in [2.24, 2.45) is 5.92 Å². The molecule has 0 atom stereocenters. The number of benzene rings is 1. The van der Waals surface area contributed by atoms with E-state index < -0.39 is 16.0 Å². The monoisotopic (exact) mass is 285 g/mol. The van der Waals surface area contributed by atoms with E-state index in [4.69, 9.17) is 5.11 Å². The van der Waals surface area contributed by atoms with E-state index in [0.29, 0.717) is 13.1 Å². The first-order chi connectivity index (χ1) is 8.80. The Morgan fingerprint density at radius 3 is 2.37 bits per heavy atom. The van der Waals surface area contributed by atoms with Crippen molar-refractivity contribution in [1.82, 2.24) is 4.31 Å². The van der Waals surface area contributed by atoms with Gasteiger partial charge in [0.05, 0.1) is 10.5 Å². The summed E-state index contributed by atoms with van der Waals surface area (Å²) in [5, 5.41) is 9.08. The van der Waals surface area contributed by atoms with E-state index in [9.17, 15) is 13.2 Å². The Kier molecular flexibility index (Phi) is 5.08. The molecule has 0 unspecified atom stereocenters. The largest absolute Gasteiger partial charge is 0.478 e. The number of hydrogen-bond donors (Lipinski definition) is 1. The van der Waals surface area contributed by atoms with Crippen molar-refractivity contribution in [2.75, 3.05) is 13.1 Å². The summed E-state index contributed by atoms with van der Waals surface area (Å²) >= 11 is 0. The second-order valence-electron chi connectivity index (χ2n) is 4.65. The van der Waals surface area contributed by atoms with Crippen LogP contribution in [0.15, 0.2) is 29.2 Å². The van der Waals surface area contributed by atoms with E-state index in [1.54, 1.807) is 6.92 Å². The number of rotatable bonds is 6. The highest BCUT2D eigenvalue weighted by atomic mass is 32.2. The second-order valence-corrected chi connectivity index (χ2v) is 6.56. The molecular weight excluding hydrogens is 266 g/mol. The average Bonchev–Trinajstić information content (AvgIpc) is 2.35. The summed E-state index contributed by atoms with van der Waals surface area (Å²) in [5.41, 5.74) is -0.190. The van der Waals surface area contributed by atoms with E-state index in [1.165, 1.54) is 28.6 Å². The lowest BCUT2D eigenvalue weighted by Gasteiger charge is -2.23. The molecule has 0 spiro atoms. The van der Waals surface area contributed by atoms with Gasteiger partial charge in [-0.1, -0.05) is 32.9 Å². The molecule has 0 aliphatic carbocycles. The molecule has 0 heterocycles. The van der Waals surface area contributed by atoms with E-state index in [-0.39, 0.29) is 16.4 Å². The quantitative estimate of drug-likeness (QED) is 0.868. The van der Waals surface area contributed by atoms with E-state index in [2.05, 4.69) is 0 Å². The summed E-state index contributed by atoms with van der Waals surface area (Å²) < 4.78 is 26.3. The minimum atomic E-state index is -3.77. The lowest BCUT2D eigenvalue weighted by Crippen LogP contribution is -2.34. The number of carbonyl (C=O) groups is 1. The minimum absolute atomic E-state index is 0.148. The fourth-order valence-corrected chi connectivity index (χ4v) is 3.61. The summed E-state index contributed by atoms with van der Waals surface area (Å²) in [7, 11) is -3.77. The van der Waals surface area contributed by atoms with Gasteiger partial charge in [0.25, 0.3) is 0 Å². The number of hydrogen-bond acceptors (Lipinski definition) is 3. The fraction of sp³-hybridized carbons (Fsp3) is 0.462. The van der Waals surface area contributed by atoms with Crippen molar-refractivity contribution < 1.29 is 18.3 Å². The van der Waals surface area contributed by atoms with Crippen molar-refractivity contribution in [3.05, 3.63) is 29.8 Å². The number of sulfonamides is 1. The lowest BCUT2D eigenvalue weighted by atomic mass is 10.2. The molecule has 1 aromatic rings. The highest BCUT2D eigenvalue weighted by molar-refractivity contribution is 7.89. The van der Waals surface area contributed by atoms with Gasteiger partial charge in [-0.05, 0) is 18.1 Å². The summed E-state index contributed by atoms with van der Waals surface area (Å²) in [6.45, 7) is 6.26. The Morgan fingerprint density at radius 2 is 1.89 bits per heavy atom. The molecule has 106 valence electrons. The van der Waals surface area contributed by atoms with Crippen molar-refractivity contribution in [3.8, 4) is 0 Å². The smallest absolute Gasteiger partial charge is 0.337 e. The van der Waals surface area contributed by atoms with Crippen molar-refractivity contribution >= 4 is 16.0 Å². The third-order valence-electron chi connectivity index (χ3n) is 2.66. The molecule has 1 rings (SSSR count). The Hall–Kier alpha value is -1.40. The highest BCUT2D eigenvalue weighted by Crippen LogP contribution is 2.21. The van der Waals surface area contributed by atoms with Crippen LogP contribution in [0.25, 0.3) is 0 Å². The molecule has 6 heteroatoms. The topological polar surface area (TPSA) is 74.7 Å². The Morgan fingerprint density at radius 1 is 1.32 bits per heavy atom. The average molecular weight is 285 g/mol. The zero-order valence-electron chi connectivity index (χ0n) is 11.3. The predicted octanol–water partition coefficient (Wildman–Crippen LogP) is 2.05. The van der Waals surface area contributed by atoms with Gasteiger partial charge in [0.15, 0.2) is 0 Å². The first-order valence-electron chi connectivity index (χ1n) is 6.13. The number of nitrogens with zero attached hydrogens (tertiary/aromatic N) is 1. The SMILES string of the molecule is CCN(CC(C)C)S(=O)(=O)c1ccccc1C(=O)O. The Balaban J connectivity index is 3.30. The number of carboxylic acid groups (broad SMARTS) is 1. The molecule has 0 aromatic heterocycles. The third-order valence-corrected chi connectivity index (χ3v) is 4.66. The van der Waals surface area contributed by atoms with Gasteiger partial charge >= 0.3 is 5.97 Å². The maximum absolute atomic E-state index is 12.5. The molecule has 0 saturated heterocycles. The van der Waals surface area contributed by atoms with Crippen LogP contribution in [0, 0.1) is 5.92 Å². The zero-order chi connectivity index (χ0) is 14.6. The molecule has 5 nitrogen and oxygen atoms in total. The first kappa shape index (κ1) is 15.7. The minimum Gasteiger partial charge on any atom is -0.478 e. The molecule has 1 N–H and O–H groups in total. The second kappa shape index (κ2) is 6.16. The summed E-state index contributed by atoms with van der Waals surface area (Å²) in [6, 6.07) is 5.68. The third kappa shape index (κ3) is 3.54. The van der Waals surface area contributed by atoms with Crippen molar-refractivity contribution in [1.29, 1.82) is 0 Å². The first-order valence-corrected chi connectivity index (χ1v) is 7.57. The molecule has 0 amide bonds. The van der Waals surface area contributed by atoms with Gasteiger partial charge in [-0.25, -0.2) is 13.2 Å². The maximum Gasteiger partial charge on any atom is 0.337 e. The van der Waals surface area contributed by atoms with Gasteiger partial charge in [-0.3, -0.25) is 0 Å². The molecule has 0 radical (unpaired) electrons. The standard InChI is InChI=1S/C13H19NO4S/c1-4-14(9-10(2)3)19(17,18)12-8-6-5-7-11(12)13(15)16/h5-8,10H,4,9H2,1-3H3,(H,15,16). The van der Waals surface area contributed by atoms with Crippen LogP contribution in [0.4, 0.5) is 0 Å². The highest BCUT2D eigenvalue weighted by Gasteiger charge is 2.28. The van der Waals surface area contributed by atoms with Crippen LogP contribution >= 0.6 is 0 Å². The lowest BCUT2D eigenvalue weighted by molar-refractivity contribution is 0.0692. The van der Waals surface area contributed by atoms with Gasteiger partial charge < -0.3 is 5.11 Å². The van der Waals surface area contributed by atoms with Gasteiger partial charge in [0.2, 0.25) is 10.0 Å². The van der Waals surface area contributed by atoms with Crippen LogP contribution in [0.1, 0.15) is 31.1 Å². The van der Waals surface area contributed by atoms with E-state index in [0.717, 1.165) is 0 Å². The summed E-state index contributed by atoms with van der Waals surface area (Å²) in [4.78, 5) is 11.0. The number of carboxylic acids is 1. The van der Waals surface area contributed by atoms with Crippen LogP contribution < -0.4 is 0 Å². The molecule has 0 aliphatic heterocycles. The Labute approximate surface area is 113 Å². The Bertz CT molecular complexity index is 552. The molecule has 0 bridgehead atoms. The molecule has 1 aromatic carbocycles. The summed E-state index contributed by atoms with van der Waals surface area (Å²) in [5.74, 6) is -1.06. The van der Waals surface area contributed by atoms with Crippen LogP contribution in [-0.2, 0) is 10.0 Å². The maximum atomic E-state index is 12.5. The predicted molar refractivity (Wildman–Crippen MR) is 72.7 cm³/mol. The van der Waals surface area contributed by atoms with Gasteiger partial charge in [0, 0.05) is 13.1 Å². The van der Waals surface area contributed by atoms with Gasteiger partial charge in [0.1, 0.15) is 0 Å². The van der Waals surface area contributed by atoms with E-state index in [1.807, 2.05) is 13.8 Å². The van der Waals surface area contributed by atoms with E-state index >= 15 is 0 Å². The molecule has 0 aliphatic rings. The normalized spacial score (nSPS) is 12.1. The molecular formula is C13H19NO4S. The summed E-state index contributed by atoms with van der Waals surface area (Å²) in [6.07, 6.45) is 0. The van der Waals surface area contributed by atoms with Crippen molar-refractivity contribution in [2.45, 2.75) is 25.7 Å². The van der Waals surface area contributed by atoms with Crippen LogP contribution in [0.5, 0.6) is 0 Å². The van der Waals surface area contributed by atoms with Crippen LogP contribution in [-0.4, -0.2) is 36.9 Å². The van der Waals surface area contributed by atoms with Crippen molar-refractivity contribution in [3.63, 3.8) is 0 Å². The number of aromatic carboxylic acids is 1. The van der Waals surface area contributed by atoms with Crippen LogP contribution in [0.3, 0.4) is 0 Å². The molecule has 19 heavy (non-hydrogen) atoms. The van der Waals surface area contributed by atoms with Gasteiger partial charge in [-0.2, -0.15) is 4.31 Å². The molecule has 0 fully saturated rings. The van der Waals surface area contributed by atoms with Crippen LogP contribution in [0.2, 0.25) is 0 Å². The fourth-order valence-electron chi connectivity index (χ4n) is 1.81. The zero-order valence-corrected chi connectivity index (χ0v) is 12.1.